The first-order valence-corrected chi connectivity index (χ1v) is 8.94. The molecule has 0 aliphatic carbocycles. The highest BCUT2D eigenvalue weighted by Gasteiger charge is 2.25. The van der Waals surface area contributed by atoms with Crippen molar-refractivity contribution < 1.29 is 19.1 Å². The Bertz CT molecular complexity index is 735. The van der Waals surface area contributed by atoms with Crippen LogP contribution in [0.15, 0.2) is 24.3 Å². The van der Waals surface area contributed by atoms with E-state index in [0.29, 0.717) is 44.0 Å². The van der Waals surface area contributed by atoms with Gasteiger partial charge in [0.05, 0.1) is 18.2 Å². The molecule has 0 aromatic heterocycles. The van der Waals surface area contributed by atoms with Gasteiger partial charge in [-0.2, -0.15) is 5.26 Å². The molecule has 1 saturated heterocycles. The molecule has 0 radical (unpaired) electrons. The van der Waals surface area contributed by atoms with E-state index in [1.807, 2.05) is 6.07 Å². The van der Waals surface area contributed by atoms with E-state index in [-0.39, 0.29) is 30.9 Å². The van der Waals surface area contributed by atoms with Crippen molar-refractivity contribution in [1.82, 2.24) is 9.80 Å². The van der Waals surface area contributed by atoms with Crippen LogP contribution in [0.4, 0.5) is 10.5 Å². The number of benzene rings is 1. The summed E-state index contributed by atoms with van der Waals surface area (Å²) in [6.45, 7) is 5.51. The smallest absolute Gasteiger partial charge is 0.409 e. The molecule has 1 aromatic rings. The molecule has 0 N–H and O–H groups in total. The van der Waals surface area contributed by atoms with E-state index in [2.05, 4.69) is 0 Å². The second-order valence-electron chi connectivity index (χ2n) is 6.15. The monoisotopic (exact) mass is 372 g/mol. The Labute approximate surface area is 158 Å². The van der Waals surface area contributed by atoms with Gasteiger partial charge in [-0.1, -0.05) is 6.07 Å². The molecule has 0 saturated carbocycles. The fourth-order valence-electron chi connectivity index (χ4n) is 2.93. The molecule has 1 aliphatic rings. The highest BCUT2D eigenvalue weighted by molar-refractivity contribution is 5.92. The number of ether oxygens (including phenoxy) is 1. The predicted molar refractivity (Wildman–Crippen MR) is 99.0 cm³/mol. The highest BCUT2D eigenvalue weighted by Crippen LogP contribution is 2.17. The third kappa shape index (κ3) is 5.45. The third-order valence-corrected chi connectivity index (χ3v) is 4.37. The predicted octanol–water partition coefficient (Wildman–Crippen LogP) is 1.60. The number of amides is 3. The maximum Gasteiger partial charge on any atom is 0.409 e. The summed E-state index contributed by atoms with van der Waals surface area (Å²) < 4.78 is 4.97. The van der Waals surface area contributed by atoms with Crippen molar-refractivity contribution in [1.29, 1.82) is 5.26 Å². The van der Waals surface area contributed by atoms with Gasteiger partial charge in [0.1, 0.15) is 0 Å². The Balaban J connectivity index is 1.90. The van der Waals surface area contributed by atoms with Crippen LogP contribution in [0.3, 0.4) is 0 Å². The van der Waals surface area contributed by atoms with E-state index in [4.69, 9.17) is 10.00 Å². The Morgan fingerprint density at radius 2 is 1.85 bits per heavy atom. The van der Waals surface area contributed by atoms with Crippen molar-refractivity contribution >= 4 is 23.6 Å². The minimum atomic E-state index is -0.357. The molecule has 0 atom stereocenters. The third-order valence-electron chi connectivity index (χ3n) is 4.37. The van der Waals surface area contributed by atoms with Crippen LogP contribution >= 0.6 is 0 Å². The summed E-state index contributed by atoms with van der Waals surface area (Å²) in [6.07, 6.45) is -0.180. The van der Waals surface area contributed by atoms with E-state index in [1.165, 1.54) is 11.8 Å². The molecule has 0 spiro atoms. The van der Waals surface area contributed by atoms with Gasteiger partial charge in [-0.25, -0.2) is 4.79 Å². The first-order chi connectivity index (χ1) is 13.0. The molecule has 1 aromatic carbocycles. The molecule has 27 heavy (non-hydrogen) atoms. The van der Waals surface area contributed by atoms with Gasteiger partial charge in [-0.3, -0.25) is 9.59 Å². The first kappa shape index (κ1) is 20.2. The summed E-state index contributed by atoms with van der Waals surface area (Å²) in [7, 11) is 0. The molecule has 1 aliphatic heterocycles. The normalized spacial score (nSPS) is 13.7. The van der Waals surface area contributed by atoms with Crippen molar-refractivity contribution in [2.75, 3.05) is 44.2 Å². The van der Waals surface area contributed by atoms with Crippen molar-refractivity contribution in [3.8, 4) is 6.07 Å². The van der Waals surface area contributed by atoms with Crippen molar-refractivity contribution in [2.45, 2.75) is 20.3 Å². The summed E-state index contributed by atoms with van der Waals surface area (Å²) in [6, 6.07) is 8.79. The topological polar surface area (TPSA) is 93.9 Å². The number of nitrogens with zero attached hydrogens (tertiary/aromatic N) is 4. The lowest BCUT2D eigenvalue weighted by molar-refractivity contribution is -0.132. The zero-order valence-electron chi connectivity index (χ0n) is 15.7. The fraction of sp³-hybridized carbons (Fsp3) is 0.474. The maximum atomic E-state index is 12.5. The molecule has 8 heteroatoms. The van der Waals surface area contributed by atoms with E-state index >= 15 is 0 Å². The SMILES string of the molecule is CCOC(=O)N1CCN(C(=O)CCN(C(C)=O)c2cccc(C#N)c2)CC1. The Kier molecular flexibility index (Phi) is 7.17. The lowest BCUT2D eigenvalue weighted by atomic mass is 10.2. The van der Waals surface area contributed by atoms with Gasteiger partial charge < -0.3 is 19.4 Å². The minimum absolute atomic E-state index is 0.0683. The average molecular weight is 372 g/mol. The highest BCUT2D eigenvalue weighted by atomic mass is 16.6. The molecular weight excluding hydrogens is 348 g/mol. The molecule has 144 valence electrons. The van der Waals surface area contributed by atoms with Crippen LogP contribution in [-0.4, -0.2) is 67.0 Å². The van der Waals surface area contributed by atoms with E-state index in [9.17, 15) is 14.4 Å². The van der Waals surface area contributed by atoms with Crippen molar-refractivity contribution in [3.05, 3.63) is 29.8 Å². The van der Waals surface area contributed by atoms with Crippen molar-refractivity contribution in [2.24, 2.45) is 0 Å². The van der Waals surface area contributed by atoms with E-state index in [1.54, 1.807) is 41.0 Å². The summed E-state index contributed by atoms with van der Waals surface area (Å²) in [5.74, 6) is -0.258. The molecule has 1 fully saturated rings. The largest absolute Gasteiger partial charge is 0.450 e. The lowest BCUT2D eigenvalue weighted by Crippen LogP contribution is -2.51. The van der Waals surface area contributed by atoms with Crippen LogP contribution in [0.5, 0.6) is 0 Å². The van der Waals surface area contributed by atoms with Gasteiger partial charge in [-0.15, -0.1) is 0 Å². The maximum absolute atomic E-state index is 12.5. The number of hydrogen-bond donors (Lipinski definition) is 0. The summed E-state index contributed by atoms with van der Waals surface area (Å²) in [5.41, 5.74) is 1.06. The molecule has 0 bridgehead atoms. The number of anilines is 1. The van der Waals surface area contributed by atoms with Gasteiger partial charge in [0.2, 0.25) is 11.8 Å². The molecule has 0 unspecified atom stereocenters. The van der Waals surface area contributed by atoms with Gasteiger partial charge in [0, 0.05) is 51.8 Å². The Morgan fingerprint density at radius 3 is 2.44 bits per heavy atom. The summed E-state index contributed by atoms with van der Waals surface area (Å²) >= 11 is 0. The standard InChI is InChI=1S/C19H24N4O4/c1-3-27-19(26)22-11-9-21(10-12-22)18(25)7-8-23(15(2)24)17-6-4-5-16(13-17)14-20/h4-6,13H,3,7-12H2,1-2H3. The molecular formula is C19H24N4O4. The van der Waals surface area contributed by atoms with Crippen LogP contribution in [0, 0.1) is 11.3 Å². The zero-order chi connectivity index (χ0) is 19.8. The van der Waals surface area contributed by atoms with Gasteiger partial charge in [0.25, 0.3) is 0 Å². The number of rotatable bonds is 5. The van der Waals surface area contributed by atoms with Gasteiger partial charge >= 0.3 is 6.09 Å². The Morgan fingerprint density at radius 1 is 1.19 bits per heavy atom. The van der Waals surface area contributed by atoms with E-state index in [0.717, 1.165) is 0 Å². The van der Waals surface area contributed by atoms with Crippen LogP contribution in [0.25, 0.3) is 0 Å². The molecule has 8 nitrogen and oxygen atoms in total. The van der Waals surface area contributed by atoms with Crippen molar-refractivity contribution in [3.63, 3.8) is 0 Å². The van der Waals surface area contributed by atoms with Crippen LogP contribution < -0.4 is 4.90 Å². The number of piperazine rings is 1. The quantitative estimate of drug-likeness (QED) is 0.783. The number of nitriles is 1. The average Bonchev–Trinajstić information content (AvgIpc) is 2.68. The summed E-state index contributed by atoms with van der Waals surface area (Å²) in [5, 5.41) is 9.01. The van der Waals surface area contributed by atoms with Gasteiger partial charge in [-0.05, 0) is 25.1 Å². The van der Waals surface area contributed by atoms with Crippen LogP contribution in [0.1, 0.15) is 25.8 Å². The lowest BCUT2D eigenvalue weighted by Gasteiger charge is -2.34. The van der Waals surface area contributed by atoms with Crippen LogP contribution in [-0.2, 0) is 14.3 Å². The molecule has 1 heterocycles. The van der Waals surface area contributed by atoms with Gasteiger partial charge in [0.15, 0.2) is 0 Å². The van der Waals surface area contributed by atoms with Crippen LogP contribution in [0.2, 0.25) is 0 Å². The molecule has 3 amide bonds. The summed E-state index contributed by atoms with van der Waals surface area (Å²) in [4.78, 5) is 40.9. The minimum Gasteiger partial charge on any atom is -0.450 e. The Hall–Kier alpha value is -3.08. The number of carbonyl (C=O) groups is 3. The molecule has 2 rings (SSSR count). The first-order valence-electron chi connectivity index (χ1n) is 8.94. The zero-order valence-corrected chi connectivity index (χ0v) is 15.7. The number of carbonyl (C=O) groups excluding carboxylic acids is 3. The fourth-order valence-corrected chi connectivity index (χ4v) is 2.93. The van der Waals surface area contributed by atoms with E-state index < -0.39 is 0 Å². The second kappa shape index (κ2) is 9.57. The number of hydrogen-bond acceptors (Lipinski definition) is 5. The second-order valence-corrected chi connectivity index (χ2v) is 6.15.